The van der Waals surface area contributed by atoms with Crippen LogP contribution in [0.15, 0.2) is 24.3 Å². The largest absolute Gasteiger partial charge is 0.328 e. The van der Waals surface area contributed by atoms with E-state index >= 15 is 0 Å². The first-order valence-electron chi connectivity index (χ1n) is 8.04. The summed E-state index contributed by atoms with van der Waals surface area (Å²) in [5, 5.41) is 0. The van der Waals surface area contributed by atoms with E-state index in [2.05, 4.69) is 38.1 Å². The van der Waals surface area contributed by atoms with E-state index in [9.17, 15) is 0 Å². The summed E-state index contributed by atoms with van der Waals surface area (Å²) in [4.78, 5) is 0. The van der Waals surface area contributed by atoms with Crippen LogP contribution in [-0.4, -0.2) is 6.04 Å². The molecule has 2 nitrogen and oxygen atoms in total. The minimum Gasteiger partial charge on any atom is -0.328 e. The molecule has 0 spiro atoms. The zero-order chi connectivity index (χ0) is 14.4. The molecule has 1 aromatic rings. The molecule has 0 atom stereocenters. The van der Waals surface area contributed by atoms with Crippen molar-refractivity contribution < 1.29 is 0 Å². The van der Waals surface area contributed by atoms with E-state index < -0.39 is 0 Å². The van der Waals surface area contributed by atoms with Crippen molar-refractivity contribution in [2.75, 3.05) is 0 Å². The molecule has 1 aromatic carbocycles. The number of rotatable bonds is 2. The Morgan fingerprint density at radius 1 is 1.05 bits per heavy atom. The summed E-state index contributed by atoms with van der Waals surface area (Å²) >= 11 is 0. The first-order chi connectivity index (χ1) is 9.40. The second-order valence-electron chi connectivity index (χ2n) is 7.85. The Kier molecular flexibility index (Phi) is 3.42. The summed E-state index contributed by atoms with van der Waals surface area (Å²) in [6.07, 6.45) is 7.11. The summed E-state index contributed by atoms with van der Waals surface area (Å²) in [6, 6.07) is 9.13. The summed E-state index contributed by atoms with van der Waals surface area (Å²) < 4.78 is 0. The van der Waals surface area contributed by atoms with Gasteiger partial charge in [-0.15, -0.1) is 0 Å². The molecule has 3 rings (SSSR count). The van der Waals surface area contributed by atoms with E-state index in [1.165, 1.54) is 36.8 Å². The average molecular weight is 272 g/mol. The molecule has 0 amide bonds. The molecule has 0 aliphatic heterocycles. The minimum atomic E-state index is -0.164. The second kappa shape index (κ2) is 4.85. The Bertz CT molecular complexity index is 476. The fourth-order valence-corrected chi connectivity index (χ4v) is 4.11. The van der Waals surface area contributed by atoms with Crippen molar-refractivity contribution in [3.63, 3.8) is 0 Å². The molecule has 20 heavy (non-hydrogen) atoms. The maximum atomic E-state index is 6.60. The van der Waals surface area contributed by atoms with E-state index in [4.69, 9.17) is 11.5 Å². The van der Waals surface area contributed by atoms with Crippen molar-refractivity contribution in [3.05, 3.63) is 35.4 Å². The molecule has 2 fully saturated rings. The summed E-state index contributed by atoms with van der Waals surface area (Å²) in [5.41, 5.74) is 15.8. The smallest absolute Gasteiger partial charge is 0.0442 e. The van der Waals surface area contributed by atoms with Crippen LogP contribution in [0.3, 0.4) is 0 Å². The predicted molar refractivity (Wildman–Crippen MR) is 84.5 cm³/mol. The lowest BCUT2D eigenvalue weighted by Gasteiger charge is -2.46. The van der Waals surface area contributed by atoms with Gasteiger partial charge in [-0.2, -0.15) is 0 Å². The highest BCUT2D eigenvalue weighted by atomic mass is 14.9. The third kappa shape index (κ3) is 2.51. The molecule has 2 saturated carbocycles. The Balaban J connectivity index is 1.84. The molecule has 2 aliphatic carbocycles. The third-order valence-corrected chi connectivity index (χ3v) is 5.53. The molecule has 0 aromatic heterocycles. The number of hydrogen-bond acceptors (Lipinski definition) is 2. The zero-order valence-electron chi connectivity index (χ0n) is 12.9. The average Bonchev–Trinajstić information content (AvgIpc) is 2.37. The van der Waals surface area contributed by atoms with Gasteiger partial charge in [-0.3, -0.25) is 0 Å². The third-order valence-electron chi connectivity index (χ3n) is 5.53. The lowest BCUT2D eigenvalue weighted by molar-refractivity contribution is 0.201. The van der Waals surface area contributed by atoms with Gasteiger partial charge in [0.15, 0.2) is 0 Å². The monoisotopic (exact) mass is 272 g/mol. The van der Waals surface area contributed by atoms with E-state index in [1.54, 1.807) is 0 Å². The molecular formula is C18H28N2. The van der Waals surface area contributed by atoms with Crippen LogP contribution in [0, 0.1) is 5.41 Å². The van der Waals surface area contributed by atoms with Crippen molar-refractivity contribution in [3.8, 4) is 0 Å². The number of benzene rings is 1. The van der Waals surface area contributed by atoms with Gasteiger partial charge in [0, 0.05) is 11.6 Å². The van der Waals surface area contributed by atoms with E-state index in [1.807, 2.05) is 0 Å². The van der Waals surface area contributed by atoms with Gasteiger partial charge in [0.05, 0.1) is 0 Å². The SMILES string of the molecule is CC1(C)CCC(c2ccccc2C2(N)CC(N)C2)CC1. The van der Waals surface area contributed by atoms with Crippen molar-refractivity contribution in [2.24, 2.45) is 16.9 Å². The van der Waals surface area contributed by atoms with E-state index in [0.717, 1.165) is 12.8 Å². The van der Waals surface area contributed by atoms with Crippen molar-refractivity contribution in [1.82, 2.24) is 0 Å². The molecule has 110 valence electrons. The van der Waals surface area contributed by atoms with Gasteiger partial charge in [0.25, 0.3) is 0 Å². The zero-order valence-corrected chi connectivity index (χ0v) is 12.9. The Morgan fingerprint density at radius 2 is 1.65 bits per heavy atom. The lowest BCUT2D eigenvalue weighted by Crippen LogP contribution is -2.55. The van der Waals surface area contributed by atoms with Gasteiger partial charge < -0.3 is 11.5 Å². The maximum Gasteiger partial charge on any atom is 0.0442 e. The van der Waals surface area contributed by atoms with Crippen LogP contribution in [0.4, 0.5) is 0 Å². The van der Waals surface area contributed by atoms with Crippen LogP contribution in [-0.2, 0) is 5.54 Å². The molecule has 0 saturated heterocycles. The number of hydrogen-bond donors (Lipinski definition) is 2. The molecule has 2 heteroatoms. The normalized spacial score (nSPS) is 33.7. The standard InChI is InChI=1S/C18H28N2/c1-17(2)9-7-13(8-10-17)15-5-3-4-6-16(15)18(20)11-14(19)12-18/h3-6,13-14H,7-12,19-20H2,1-2H3. The number of nitrogens with two attached hydrogens (primary N) is 2. The topological polar surface area (TPSA) is 52.0 Å². The summed E-state index contributed by atoms with van der Waals surface area (Å²) in [7, 11) is 0. The van der Waals surface area contributed by atoms with Crippen molar-refractivity contribution in [1.29, 1.82) is 0 Å². The molecule has 0 bridgehead atoms. The molecule has 0 unspecified atom stereocenters. The van der Waals surface area contributed by atoms with Crippen LogP contribution in [0.1, 0.15) is 69.4 Å². The first-order valence-corrected chi connectivity index (χ1v) is 8.04. The minimum absolute atomic E-state index is 0.164. The Labute approximate surface area is 122 Å². The molecule has 0 radical (unpaired) electrons. The molecule has 0 heterocycles. The van der Waals surface area contributed by atoms with Gasteiger partial charge in [0.1, 0.15) is 0 Å². The summed E-state index contributed by atoms with van der Waals surface area (Å²) in [5.74, 6) is 0.691. The van der Waals surface area contributed by atoms with Crippen LogP contribution >= 0.6 is 0 Å². The van der Waals surface area contributed by atoms with Crippen LogP contribution < -0.4 is 11.5 Å². The van der Waals surface area contributed by atoms with Crippen molar-refractivity contribution in [2.45, 2.75) is 69.9 Å². The van der Waals surface area contributed by atoms with Crippen LogP contribution in [0.25, 0.3) is 0 Å². The highest BCUT2D eigenvalue weighted by Crippen LogP contribution is 2.47. The highest BCUT2D eigenvalue weighted by Gasteiger charge is 2.42. The van der Waals surface area contributed by atoms with Crippen LogP contribution in [0.2, 0.25) is 0 Å². The van der Waals surface area contributed by atoms with Gasteiger partial charge in [-0.1, -0.05) is 38.1 Å². The Morgan fingerprint density at radius 3 is 2.25 bits per heavy atom. The fourth-order valence-electron chi connectivity index (χ4n) is 4.11. The van der Waals surface area contributed by atoms with E-state index in [0.29, 0.717) is 17.4 Å². The fraction of sp³-hybridized carbons (Fsp3) is 0.667. The maximum absolute atomic E-state index is 6.60. The molecule has 4 N–H and O–H groups in total. The quantitative estimate of drug-likeness (QED) is 0.863. The Hall–Kier alpha value is -0.860. The highest BCUT2D eigenvalue weighted by molar-refractivity contribution is 5.38. The van der Waals surface area contributed by atoms with Crippen molar-refractivity contribution >= 4 is 0 Å². The lowest BCUT2D eigenvalue weighted by atomic mass is 9.64. The van der Waals surface area contributed by atoms with Gasteiger partial charge >= 0.3 is 0 Å². The second-order valence-corrected chi connectivity index (χ2v) is 7.85. The predicted octanol–water partition coefficient (Wildman–Crippen LogP) is 3.65. The first kappa shape index (κ1) is 14.1. The molecule has 2 aliphatic rings. The molecular weight excluding hydrogens is 244 g/mol. The van der Waals surface area contributed by atoms with Crippen LogP contribution in [0.5, 0.6) is 0 Å². The van der Waals surface area contributed by atoms with Gasteiger partial charge in [-0.25, -0.2) is 0 Å². The van der Waals surface area contributed by atoms with E-state index in [-0.39, 0.29) is 5.54 Å². The summed E-state index contributed by atoms with van der Waals surface area (Å²) in [6.45, 7) is 4.79. The van der Waals surface area contributed by atoms with Gasteiger partial charge in [-0.05, 0) is 61.0 Å². The van der Waals surface area contributed by atoms with Gasteiger partial charge in [0.2, 0.25) is 0 Å².